The Labute approximate surface area is 110 Å². The highest BCUT2D eigenvalue weighted by Gasteiger charge is 2.13. The summed E-state index contributed by atoms with van der Waals surface area (Å²) in [5.41, 5.74) is -0.106. The molecule has 1 aromatic heterocycles. The van der Waals surface area contributed by atoms with Crippen LogP contribution < -0.4 is 0 Å². The van der Waals surface area contributed by atoms with Gasteiger partial charge in [-0.25, -0.2) is 8.78 Å². The Morgan fingerprint density at radius 3 is 2.78 bits per heavy atom. The second-order valence-corrected chi connectivity index (χ2v) is 5.83. The van der Waals surface area contributed by atoms with Crippen LogP contribution in [0.1, 0.15) is 15.4 Å². The Kier molecular flexibility index (Phi) is 4.03. The summed E-state index contributed by atoms with van der Waals surface area (Å²) in [7, 11) is 0. The first-order chi connectivity index (χ1) is 8.56. The molecule has 1 aromatic carbocycles. The van der Waals surface area contributed by atoms with Gasteiger partial charge in [0.05, 0.1) is 11.3 Å². The molecule has 94 valence electrons. The molecular weight excluding hydrogens is 278 g/mol. The summed E-state index contributed by atoms with van der Waals surface area (Å²) in [6.45, 7) is 1.81. The molecule has 3 nitrogen and oxygen atoms in total. The zero-order chi connectivity index (χ0) is 13.1. The molecule has 0 bridgehead atoms. The molecule has 1 heterocycles. The number of rotatable bonds is 4. The molecule has 0 aliphatic heterocycles. The van der Waals surface area contributed by atoms with Gasteiger partial charge < -0.3 is 0 Å². The van der Waals surface area contributed by atoms with Gasteiger partial charge in [0.25, 0.3) is 0 Å². The van der Waals surface area contributed by atoms with Crippen LogP contribution in [0, 0.1) is 18.6 Å². The highest BCUT2D eigenvalue weighted by molar-refractivity contribution is 8.01. The van der Waals surface area contributed by atoms with Crippen molar-refractivity contribution in [2.24, 2.45) is 0 Å². The Morgan fingerprint density at radius 1 is 1.39 bits per heavy atom. The van der Waals surface area contributed by atoms with Crippen molar-refractivity contribution >= 4 is 28.9 Å². The van der Waals surface area contributed by atoms with Crippen LogP contribution in [-0.2, 0) is 0 Å². The van der Waals surface area contributed by atoms with Crippen molar-refractivity contribution in [3.8, 4) is 0 Å². The fourth-order valence-electron chi connectivity index (χ4n) is 1.26. The number of thioether (sulfide) groups is 1. The van der Waals surface area contributed by atoms with E-state index in [1.807, 2.05) is 6.92 Å². The van der Waals surface area contributed by atoms with Gasteiger partial charge in [-0.1, -0.05) is 23.1 Å². The smallest absolute Gasteiger partial charge is 0.176 e. The van der Waals surface area contributed by atoms with E-state index in [-0.39, 0.29) is 11.3 Å². The molecule has 7 heteroatoms. The van der Waals surface area contributed by atoms with Crippen molar-refractivity contribution in [3.05, 3.63) is 40.4 Å². The summed E-state index contributed by atoms with van der Waals surface area (Å²) < 4.78 is 26.7. The van der Waals surface area contributed by atoms with E-state index in [9.17, 15) is 13.6 Å². The topological polar surface area (TPSA) is 42.9 Å². The molecule has 0 spiro atoms. The third-order valence-electron chi connectivity index (χ3n) is 2.07. The number of carbonyl (C=O) groups is 1. The maximum Gasteiger partial charge on any atom is 0.176 e. The first-order valence-corrected chi connectivity index (χ1v) is 6.77. The highest BCUT2D eigenvalue weighted by atomic mass is 32.2. The zero-order valence-electron chi connectivity index (χ0n) is 9.31. The first kappa shape index (κ1) is 13.1. The van der Waals surface area contributed by atoms with Gasteiger partial charge in [-0.3, -0.25) is 4.79 Å². The summed E-state index contributed by atoms with van der Waals surface area (Å²) in [6.07, 6.45) is 0. The fourth-order valence-corrected chi connectivity index (χ4v) is 2.96. The van der Waals surface area contributed by atoms with Crippen LogP contribution in [0.15, 0.2) is 22.5 Å². The molecule has 18 heavy (non-hydrogen) atoms. The minimum atomic E-state index is -0.839. The lowest BCUT2D eigenvalue weighted by Crippen LogP contribution is -2.05. The van der Waals surface area contributed by atoms with E-state index in [0.717, 1.165) is 17.1 Å². The molecular formula is C11H8F2N2OS2. The van der Waals surface area contributed by atoms with E-state index >= 15 is 0 Å². The van der Waals surface area contributed by atoms with Crippen LogP contribution in [0.3, 0.4) is 0 Å². The molecule has 0 unspecified atom stereocenters. The minimum absolute atomic E-state index is 0.0528. The second kappa shape index (κ2) is 5.53. The van der Waals surface area contributed by atoms with E-state index < -0.39 is 17.4 Å². The number of halogens is 2. The predicted molar refractivity (Wildman–Crippen MR) is 66.1 cm³/mol. The predicted octanol–water partition coefficient (Wildman–Crippen LogP) is 3.10. The Morgan fingerprint density at radius 2 is 2.17 bits per heavy atom. The fraction of sp³-hybridized carbons (Fsp3) is 0.182. The van der Waals surface area contributed by atoms with Crippen LogP contribution in [-0.4, -0.2) is 21.7 Å². The Balaban J connectivity index is 2.03. The number of hydrogen-bond acceptors (Lipinski definition) is 5. The molecule has 0 saturated heterocycles. The molecule has 0 fully saturated rings. The third kappa shape index (κ3) is 3.11. The lowest BCUT2D eigenvalue weighted by molar-refractivity contribution is 0.101. The van der Waals surface area contributed by atoms with Crippen molar-refractivity contribution in [1.29, 1.82) is 0 Å². The average Bonchev–Trinajstić information content (AvgIpc) is 2.72. The number of Topliss-reactive ketones (excluding diaryl/α,β-unsaturated/α-hetero) is 1. The Hall–Kier alpha value is -1.34. The largest absolute Gasteiger partial charge is 0.293 e. The highest BCUT2D eigenvalue weighted by Crippen LogP contribution is 2.23. The average molecular weight is 286 g/mol. The van der Waals surface area contributed by atoms with E-state index in [2.05, 4.69) is 10.2 Å². The van der Waals surface area contributed by atoms with E-state index in [1.165, 1.54) is 23.1 Å². The first-order valence-electron chi connectivity index (χ1n) is 4.97. The quantitative estimate of drug-likeness (QED) is 0.640. The number of carbonyl (C=O) groups excluding carboxylic acids is 1. The normalized spacial score (nSPS) is 10.6. The van der Waals surface area contributed by atoms with E-state index in [1.54, 1.807) is 0 Å². The van der Waals surface area contributed by atoms with Gasteiger partial charge in [0.1, 0.15) is 16.6 Å². The van der Waals surface area contributed by atoms with Gasteiger partial charge in [0, 0.05) is 6.07 Å². The number of ketones is 1. The van der Waals surface area contributed by atoms with Gasteiger partial charge in [-0.15, -0.1) is 10.2 Å². The molecule has 0 N–H and O–H groups in total. The van der Waals surface area contributed by atoms with Gasteiger partial charge in [-0.05, 0) is 19.1 Å². The number of aryl methyl sites for hydroxylation is 1. The van der Waals surface area contributed by atoms with Crippen LogP contribution in [0.5, 0.6) is 0 Å². The van der Waals surface area contributed by atoms with Crippen LogP contribution in [0.25, 0.3) is 0 Å². The van der Waals surface area contributed by atoms with Gasteiger partial charge in [-0.2, -0.15) is 0 Å². The summed E-state index contributed by atoms with van der Waals surface area (Å²) in [4.78, 5) is 11.7. The molecule has 0 amide bonds. The van der Waals surface area contributed by atoms with Gasteiger partial charge >= 0.3 is 0 Å². The summed E-state index contributed by atoms with van der Waals surface area (Å²) in [6, 6.07) is 2.92. The summed E-state index contributed by atoms with van der Waals surface area (Å²) in [5, 5.41) is 8.46. The standard InChI is InChI=1S/C11H8F2N2OS2/c1-6-14-15-11(18-6)17-5-10(16)8-3-2-7(12)4-9(8)13/h2-4H,5H2,1H3. The zero-order valence-corrected chi connectivity index (χ0v) is 10.9. The van der Waals surface area contributed by atoms with Crippen molar-refractivity contribution in [3.63, 3.8) is 0 Å². The molecule has 2 aromatic rings. The molecule has 0 saturated carbocycles. The SMILES string of the molecule is Cc1nnc(SCC(=O)c2ccc(F)cc2F)s1. The van der Waals surface area contributed by atoms with Gasteiger partial charge in [0.2, 0.25) is 0 Å². The molecule has 0 aliphatic rings. The van der Waals surface area contributed by atoms with Crippen LogP contribution in [0.2, 0.25) is 0 Å². The maximum atomic E-state index is 13.3. The van der Waals surface area contributed by atoms with E-state index in [4.69, 9.17) is 0 Å². The maximum absolute atomic E-state index is 13.3. The molecule has 2 rings (SSSR count). The third-order valence-corrected chi connectivity index (χ3v) is 4.04. The van der Waals surface area contributed by atoms with Crippen molar-refractivity contribution < 1.29 is 13.6 Å². The Bertz CT molecular complexity index is 586. The van der Waals surface area contributed by atoms with Gasteiger partial charge in [0.15, 0.2) is 10.1 Å². The lowest BCUT2D eigenvalue weighted by atomic mass is 10.1. The molecule has 0 radical (unpaired) electrons. The summed E-state index contributed by atoms with van der Waals surface area (Å²) >= 11 is 2.56. The second-order valence-electron chi connectivity index (χ2n) is 3.42. The number of aromatic nitrogens is 2. The van der Waals surface area contributed by atoms with Crippen molar-refractivity contribution in [2.75, 3.05) is 5.75 Å². The lowest BCUT2D eigenvalue weighted by Gasteiger charge is -2.01. The number of nitrogens with zero attached hydrogens (tertiary/aromatic N) is 2. The van der Waals surface area contributed by atoms with Crippen LogP contribution in [0.4, 0.5) is 8.78 Å². The van der Waals surface area contributed by atoms with Crippen molar-refractivity contribution in [2.45, 2.75) is 11.3 Å². The van der Waals surface area contributed by atoms with Crippen LogP contribution >= 0.6 is 23.1 Å². The molecule has 0 aliphatic carbocycles. The summed E-state index contributed by atoms with van der Waals surface area (Å²) in [5.74, 6) is -1.88. The molecule has 0 atom stereocenters. The number of benzene rings is 1. The minimum Gasteiger partial charge on any atom is -0.293 e. The van der Waals surface area contributed by atoms with E-state index in [0.29, 0.717) is 10.4 Å². The van der Waals surface area contributed by atoms with Crippen molar-refractivity contribution in [1.82, 2.24) is 10.2 Å². The monoisotopic (exact) mass is 286 g/mol. The number of hydrogen-bond donors (Lipinski definition) is 0.